The van der Waals surface area contributed by atoms with Gasteiger partial charge in [0.25, 0.3) is 21.2 Å². The number of hydrogen-bond donors (Lipinski definition) is 9. The Balaban J connectivity index is 0.000000881. The summed E-state index contributed by atoms with van der Waals surface area (Å²) < 4.78 is 49.1. The van der Waals surface area contributed by atoms with Gasteiger partial charge in [-0.15, -0.1) is 0 Å². The maximum Gasteiger partial charge on any atom is 0.330 e. The third kappa shape index (κ3) is 15.3. The van der Waals surface area contributed by atoms with Gasteiger partial charge in [0.1, 0.15) is 48.4 Å². The predicted molar refractivity (Wildman–Crippen MR) is 181 cm³/mol. The number of aromatic nitrogens is 2. The van der Waals surface area contributed by atoms with Crippen LogP contribution in [0.15, 0.2) is 21.9 Å². The standard InChI is InChI=1S/C21H36N4O17P2.C8H17NO/c1-22-6-3-2-4-12(27)23-14-17(31)15(29)10(8-26)40-20(14)41-44(36,37)42-43(34,35)38-9-11-16(30)18(32)19(39-11)25-7-5-13(28)24-21(25)33;1-3-8(10)6-4-5-7-9-2/h5,7,10-11,14-20,22,26,29-32H,2-4,6,8-9H2,1H3,(H,23,27)(H,34,35)(H,36,37)(H,24,28,33);9H,3-7H2,1-2H3/p-2/t10?,11?,14-,15-,16?,17?,18?,19?,20+;/m0./s1. The summed E-state index contributed by atoms with van der Waals surface area (Å²) in [6.45, 7) is 1.48. The Kier molecular flexibility index (Phi) is 20.5. The Hall–Kier alpha value is -2.28. The molecule has 11 atom stereocenters. The van der Waals surface area contributed by atoms with Gasteiger partial charge in [-0.05, 0) is 52.9 Å². The molecule has 312 valence electrons. The molecule has 54 heavy (non-hydrogen) atoms. The van der Waals surface area contributed by atoms with Crippen molar-refractivity contribution in [2.24, 2.45) is 0 Å². The van der Waals surface area contributed by atoms with E-state index >= 15 is 0 Å². The van der Waals surface area contributed by atoms with Gasteiger partial charge in [0, 0.05) is 31.5 Å². The van der Waals surface area contributed by atoms with Gasteiger partial charge >= 0.3 is 5.69 Å². The number of amides is 1. The molecule has 1 amide bonds. The van der Waals surface area contributed by atoms with Crippen molar-refractivity contribution >= 4 is 27.3 Å². The number of unbranched alkanes of at least 4 members (excludes halogenated alkanes) is 2. The number of H-pyrrole nitrogens is 1. The van der Waals surface area contributed by atoms with Gasteiger partial charge < -0.3 is 65.3 Å². The normalized spacial score (nSPS) is 29.0. The van der Waals surface area contributed by atoms with E-state index in [0.29, 0.717) is 36.2 Å². The zero-order chi connectivity index (χ0) is 40.6. The summed E-state index contributed by atoms with van der Waals surface area (Å²) >= 11 is 0. The van der Waals surface area contributed by atoms with E-state index < -0.39 is 101 Å². The van der Waals surface area contributed by atoms with Crippen molar-refractivity contribution in [2.45, 2.75) is 107 Å². The number of aromatic amines is 1. The van der Waals surface area contributed by atoms with Crippen LogP contribution in [0.2, 0.25) is 0 Å². The van der Waals surface area contributed by atoms with Gasteiger partial charge in [-0.2, -0.15) is 0 Å². The Morgan fingerprint density at radius 1 is 0.907 bits per heavy atom. The van der Waals surface area contributed by atoms with E-state index in [2.05, 4.69) is 29.3 Å². The first kappa shape index (κ1) is 47.9. The molecule has 2 aliphatic rings. The van der Waals surface area contributed by atoms with Crippen LogP contribution in [0.1, 0.15) is 58.1 Å². The van der Waals surface area contributed by atoms with Crippen LogP contribution in [-0.4, -0.2) is 136 Å². The van der Waals surface area contributed by atoms with Crippen molar-refractivity contribution in [1.82, 2.24) is 25.5 Å². The Morgan fingerprint density at radius 2 is 1.52 bits per heavy atom. The fraction of sp³-hybridized carbons (Fsp3) is 0.793. The summed E-state index contributed by atoms with van der Waals surface area (Å²) in [5.41, 5.74) is -1.79. The van der Waals surface area contributed by atoms with E-state index in [1.54, 1.807) is 7.05 Å². The molecule has 0 spiro atoms. The molecule has 0 bridgehead atoms. The van der Waals surface area contributed by atoms with Crippen molar-refractivity contribution in [3.63, 3.8) is 0 Å². The third-order valence-electron chi connectivity index (χ3n) is 8.11. The number of carbonyl (C=O) groups excluding carboxylic acids is 2. The molecular weight excluding hydrogens is 768 g/mol. The van der Waals surface area contributed by atoms with Crippen LogP contribution < -0.4 is 37.0 Å². The van der Waals surface area contributed by atoms with Gasteiger partial charge in [0.15, 0.2) is 12.5 Å². The third-order valence-corrected chi connectivity index (χ3v) is 10.6. The fourth-order valence-electron chi connectivity index (χ4n) is 5.15. The topological polar surface area (TPSA) is 353 Å². The number of aliphatic hydroxyl groups is 5. The predicted octanol–water partition coefficient (Wildman–Crippen LogP) is -4.19. The molecule has 3 heterocycles. The van der Waals surface area contributed by atoms with Crippen molar-refractivity contribution in [2.75, 3.05) is 40.4 Å². The highest BCUT2D eigenvalue weighted by atomic mass is 31.3. The van der Waals surface area contributed by atoms with E-state index in [-0.39, 0.29) is 6.42 Å². The van der Waals surface area contributed by atoms with E-state index in [9.17, 15) is 63.6 Å². The highest BCUT2D eigenvalue weighted by molar-refractivity contribution is 7.59. The molecular formula is C29H51N5O18P2-2. The molecule has 2 aliphatic heterocycles. The maximum atomic E-state index is 12.5. The molecule has 1 aromatic heterocycles. The van der Waals surface area contributed by atoms with Crippen LogP contribution in [-0.2, 0) is 41.6 Å². The zero-order valence-electron chi connectivity index (χ0n) is 30.0. The summed E-state index contributed by atoms with van der Waals surface area (Å²) in [7, 11) is -8.20. The number of rotatable bonds is 21. The lowest BCUT2D eigenvalue weighted by Crippen LogP contribution is -2.64. The molecule has 8 unspecified atom stereocenters. The second-order valence-electron chi connectivity index (χ2n) is 12.3. The average Bonchev–Trinajstić information content (AvgIpc) is 3.39. The lowest BCUT2D eigenvalue weighted by atomic mass is 9.97. The first-order valence-corrected chi connectivity index (χ1v) is 20.0. The Morgan fingerprint density at radius 3 is 2.09 bits per heavy atom. The van der Waals surface area contributed by atoms with Crippen LogP contribution in [0.25, 0.3) is 0 Å². The van der Waals surface area contributed by atoms with Gasteiger partial charge in [0.2, 0.25) is 5.91 Å². The number of nitrogens with zero attached hydrogens (tertiary/aromatic N) is 1. The van der Waals surface area contributed by atoms with Crippen LogP contribution in [0, 0.1) is 0 Å². The highest BCUT2D eigenvalue weighted by Crippen LogP contribution is 2.57. The van der Waals surface area contributed by atoms with Gasteiger partial charge in [0.05, 0.1) is 13.2 Å². The molecule has 0 aromatic carbocycles. The van der Waals surface area contributed by atoms with E-state index in [4.69, 9.17) is 9.47 Å². The monoisotopic (exact) mass is 819 g/mol. The molecule has 2 fully saturated rings. The fourth-order valence-corrected chi connectivity index (χ4v) is 7.24. The molecule has 0 radical (unpaired) electrons. The summed E-state index contributed by atoms with van der Waals surface area (Å²) in [6.07, 6.45) is -8.97. The number of carbonyl (C=O) groups is 2. The number of hydrogen-bond acceptors (Lipinski definition) is 20. The number of nitrogens with one attached hydrogen (secondary N) is 4. The van der Waals surface area contributed by atoms with Crippen LogP contribution in [0.5, 0.6) is 0 Å². The van der Waals surface area contributed by atoms with Gasteiger partial charge in [-0.25, -0.2) is 9.11 Å². The van der Waals surface area contributed by atoms with Crippen molar-refractivity contribution < 1.29 is 76.9 Å². The van der Waals surface area contributed by atoms with Gasteiger partial charge in [-0.1, -0.05) is 6.92 Å². The molecule has 2 saturated heterocycles. The smallest absolute Gasteiger partial charge is 0.330 e. The highest BCUT2D eigenvalue weighted by Gasteiger charge is 2.48. The zero-order valence-corrected chi connectivity index (χ0v) is 31.8. The van der Waals surface area contributed by atoms with Crippen LogP contribution in [0.3, 0.4) is 0 Å². The minimum absolute atomic E-state index is 0.0756. The molecule has 25 heteroatoms. The quantitative estimate of drug-likeness (QED) is 0.0419. The van der Waals surface area contributed by atoms with E-state index in [1.807, 2.05) is 19.0 Å². The number of Topliss-reactive ketones (excluding diaryl/α,β-unsaturated/α-hetero) is 1. The summed E-state index contributed by atoms with van der Waals surface area (Å²) in [6, 6.07) is -0.849. The number of phosphoric ester groups is 2. The molecule has 3 rings (SSSR count). The van der Waals surface area contributed by atoms with Crippen molar-refractivity contribution in [1.29, 1.82) is 0 Å². The van der Waals surface area contributed by atoms with Crippen molar-refractivity contribution in [3.05, 3.63) is 33.1 Å². The van der Waals surface area contributed by atoms with Gasteiger partial charge in [-0.3, -0.25) is 37.6 Å². The minimum atomic E-state index is -5.98. The second kappa shape index (κ2) is 23.1. The lowest BCUT2D eigenvalue weighted by Gasteiger charge is -2.44. The summed E-state index contributed by atoms with van der Waals surface area (Å²) in [5, 5.41) is 58.7. The molecule has 1 aromatic rings. The first-order valence-electron chi connectivity index (χ1n) is 17.1. The number of phosphoric acid groups is 2. The Bertz CT molecular complexity index is 1530. The molecule has 0 saturated carbocycles. The SMILES string of the molecule is CCC(=O)CCCCNC.CNCCCCC(=O)N[C@H]1C(O)[C@@H](O)C(CO)O[C@@H]1OP(=O)([O-])OP(=O)([O-])OCC1OC(n2ccc(=O)[nH]c2=O)C(O)C1O. The van der Waals surface area contributed by atoms with Crippen molar-refractivity contribution in [3.8, 4) is 0 Å². The molecule has 9 N–H and O–H groups in total. The minimum Gasteiger partial charge on any atom is -0.756 e. The number of ketones is 1. The Labute approximate surface area is 310 Å². The number of aliphatic hydroxyl groups excluding tert-OH is 5. The number of ether oxygens (including phenoxy) is 2. The first-order chi connectivity index (χ1) is 25.4. The molecule has 0 aliphatic carbocycles. The second-order valence-corrected chi connectivity index (χ2v) is 15.2. The average molecular weight is 820 g/mol. The lowest BCUT2D eigenvalue weighted by molar-refractivity contribution is -0.285. The van der Waals surface area contributed by atoms with Crippen LogP contribution in [0.4, 0.5) is 0 Å². The van der Waals surface area contributed by atoms with Crippen LogP contribution >= 0.6 is 15.6 Å². The largest absolute Gasteiger partial charge is 0.756 e. The van der Waals surface area contributed by atoms with E-state index in [0.717, 1.165) is 38.1 Å². The molecule has 23 nitrogen and oxygen atoms in total. The van der Waals surface area contributed by atoms with E-state index in [1.165, 1.54) is 0 Å². The maximum absolute atomic E-state index is 12.5. The summed E-state index contributed by atoms with van der Waals surface area (Å²) in [4.78, 5) is 73.1. The summed E-state index contributed by atoms with van der Waals surface area (Å²) in [5.74, 6) is -0.313.